The monoisotopic (exact) mass is 300 g/mol. The molecule has 2 N–H and O–H groups in total. The minimum atomic E-state index is -1.26. The van der Waals surface area contributed by atoms with E-state index < -0.39 is 24.0 Å². The lowest BCUT2D eigenvalue weighted by Crippen LogP contribution is -2.53. The number of methoxy groups -OCH3 is 1. The summed E-state index contributed by atoms with van der Waals surface area (Å²) in [6.07, 6.45) is 1.65. The summed E-state index contributed by atoms with van der Waals surface area (Å²) >= 11 is 0. The van der Waals surface area contributed by atoms with Crippen LogP contribution in [-0.4, -0.2) is 59.1 Å². The first-order valence-corrected chi connectivity index (χ1v) is 7.15. The molecule has 120 valence electrons. The molecule has 7 heteroatoms. The molecule has 4 atom stereocenters. The molecular weight excluding hydrogens is 276 g/mol. The molecule has 0 bridgehead atoms. The van der Waals surface area contributed by atoms with Crippen LogP contribution < -0.4 is 5.32 Å². The van der Waals surface area contributed by atoms with Gasteiger partial charge in [-0.1, -0.05) is 0 Å². The molecule has 0 aromatic heterocycles. The Morgan fingerprint density at radius 1 is 1.29 bits per heavy atom. The van der Waals surface area contributed by atoms with E-state index in [9.17, 15) is 14.4 Å². The van der Waals surface area contributed by atoms with Gasteiger partial charge in [0.2, 0.25) is 5.91 Å². The number of rotatable bonds is 6. The van der Waals surface area contributed by atoms with Crippen molar-refractivity contribution in [2.75, 3.05) is 7.11 Å². The number of nitrogens with one attached hydrogen (secondary N) is 1. The number of hydrogen-bond donors (Lipinski definition) is 2. The Balaban J connectivity index is 2.68. The van der Waals surface area contributed by atoms with Crippen LogP contribution in [0.5, 0.6) is 0 Å². The van der Waals surface area contributed by atoms with Gasteiger partial charge >= 0.3 is 11.9 Å². The lowest BCUT2D eigenvalue weighted by atomic mass is 10.1. The van der Waals surface area contributed by atoms with Gasteiger partial charge in [0.25, 0.3) is 0 Å². The Morgan fingerprint density at radius 2 is 1.81 bits per heavy atom. The summed E-state index contributed by atoms with van der Waals surface area (Å²) in [5.41, 5.74) is 0. The highest BCUT2D eigenvalue weighted by molar-refractivity contribution is 5.89. The zero-order valence-corrected chi connectivity index (χ0v) is 13.0. The number of esters is 1. The molecule has 21 heavy (non-hydrogen) atoms. The molecule has 0 aromatic carbocycles. The quantitative estimate of drug-likeness (QED) is 0.689. The molecule has 0 aromatic rings. The first-order valence-electron chi connectivity index (χ1n) is 7.15. The van der Waals surface area contributed by atoms with Crippen molar-refractivity contribution in [2.45, 2.75) is 64.2 Å². The molecule has 0 radical (unpaired) electrons. The fraction of sp³-hybridized carbons (Fsp3) is 0.786. The number of nitrogens with zero attached hydrogens (tertiary/aromatic N) is 1. The highest BCUT2D eigenvalue weighted by Crippen LogP contribution is 2.25. The van der Waals surface area contributed by atoms with Gasteiger partial charge in [0.05, 0.1) is 19.6 Å². The van der Waals surface area contributed by atoms with Gasteiger partial charge in [-0.05, 0) is 33.6 Å². The molecule has 1 saturated heterocycles. The Bertz CT molecular complexity index is 402. The van der Waals surface area contributed by atoms with E-state index in [0.717, 1.165) is 12.8 Å². The van der Waals surface area contributed by atoms with E-state index in [1.807, 2.05) is 0 Å². The van der Waals surface area contributed by atoms with Crippen molar-refractivity contribution in [1.29, 1.82) is 0 Å². The zero-order valence-electron chi connectivity index (χ0n) is 13.0. The summed E-state index contributed by atoms with van der Waals surface area (Å²) in [5.74, 6) is -2.30. The third kappa shape index (κ3) is 4.42. The molecule has 0 aliphatic carbocycles. The lowest BCUT2D eigenvalue weighted by Gasteiger charge is -2.32. The van der Waals surface area contributed by atoms with Crippen molar-refractivity contribution in [3.05, 3.63) is 0 Å². The van der Waals surface area contributed by atoms with Crippen molar-refractivity contribution >= 4 is 17.8 Å². The van der Waals surface area contributed by atoms with Gasteiger partial charge in [-0.2, -0.15) is 0 Å². The fourth-order valence-corrected chi connectivity index (χ4v) is 2.86. The topological polar surface area (TPSA) is 95.9 Å². The van der Waals surface area contributed by atoms with Crippen LogP contribution in [0.3, 0.4) is 0 Å². The molecule has 1 rings (SSSR count). The van der Waals surface area contributed by atoms with Crippen molar-refractivity contribution in [1.82, 2.24) is 10.2 Å². The van der Waals surface area contributed by atoms with Crippen LogP contribution in [0.2, 0.25) is 0 Å². The summed E-state index contributed by atoms with van der Waals surface area (Å²) in [6, 6.07) is -1.13. The molecular formula is C14H24N2O5. The summed E-state index contributed by atoms with van der Waals surface area (Å²) < 4.78 is 4.44. The average molecular weight is 300 g/mol. The minimum absolute atomic E-state index is 0.282. The predicted molar refractivity (Wildman–Crippen MR) is 75.7 cm³/mol. The van der Waals surface area contributed by atoms with Crippen LogP contribution >= 0.6 is 0 Å². The predicted octanol–water partition coefficient (Wildman–Crippen LogP) is 0.380. The molecule has 1 fully saturated rings. The maximum atomic E-state index is 12.2. The van der Waals surface area contributed by atoms with Crippen LogP contribution in [0.15, 0.2) is 0 Å². The van der Waals surface area contributed by atoms with Gasteiger partial charge in [-0.25, -0.2) is 4.79 Å². The van der Waals surface area contributed by atoms with Crippen LogP contribution in [0.25, 0.3) is 0 Å². The Labute approximate surface area is 124 Å². The van der Waals surface area contributed by atoms with Gasteiger partial charge in [-0.15, -0.1) is 0 Å². The minimum Gasteiger partial charge on any atom is -0.480 e. The Hall–Kier alpha value is -1.63. The molecule has 0 spiro atoms. The Morgan fingerprint density at radius 3 is 2.24 bits per heavy atom. The number of aliphatic carboxylic acids is 1. The molecule has 0 saturated carbocycles. The van der Waals surface area contributed by atoms with Gasteiger partial charge in [0.15, 0.2) is 0 Å². The maximum Gasteiger partial charge on any atom is 0.326 e. The van der Waals surface area contributed by atoms with Crippen molar-refractivity contribution in [3.63, 3.8) is 0 Å². The number of carboxylic acids is 1. The number of carbonyl (C=O) groups is 3. The van der Waals surface area contributed by atoms with Crippen molar-refractivity contribution < 1.29 is 24.2 Å². The SMILES string of the molecule is COC(=O)C[C@H](NC(=O)C(C)N1C(C)CCC1C)C(=O)O. The first-order chi connectivity index (χ1) is 9.77. The van der Waals surface area contributed by atoms with Crippen LogP contribution in [0.4, 0.5) is 0 Å². The number of carboxylic acid groups (broad SMARTS) is 1. The number of hydrogen-bond acceptors (Lipinski definition) is 5. The maximum absolute atomic E-state index is 12.2. The van der Waals surface area contributed by atoms with E-state index >= 15 is 0 Å². The molecule has 1 aliphatic heterocycles. The molecule has 7 nitrogen and oxygen atoms in total. The van der Waals surface area contributed by atoms with E-state index in [-0.39, 0.29) is 24.4 Å². The largest absolute Gasteiger partial charge is 0.480 e. The summed E-state index contributed by atoms with van der Waals surface area (Å²) in [4.78, 5) is 36.6. The summed E-state index contributed by atoms with van der Waals surface area (Å²) in [7, 11) is 1.18. The van der Waals surface area contributed by atoms with Crippen LogP contribution in [0, 0.1) is 0 Å². The molecule has 1 heterocycles. The van der Waals surface area contributed by atoms with Gasteiger partial charge in [0, 0.05) is 12.1 Å². The number of likely N-dealkylation sites (tertiary alicyclic amines) is 1. The highest BCUT2D eigenvalue weighted by atomic mass is 16.5. The molecule has 1 aliphatic rings. The average Bonchev–Trinajstić information content (AvgIpc) is 2.76. The highest BCUT2D eigenvalue weighted by Gasteiger charge is 2.35. The third-order valence-electron chi connectivity index (χ3n) is 4.06. The number of carbonyl (C=O) groups excluding carboxylic acids is 2. The van der Waals surface area contributed by atoms with Crippen molar-refractivity contribution in [3.8, 4) is 0 Å². The molecule has 1 amide bonds. The van der Waals surface area contributed by atoms with E-state index in [1.165, 1.54) is 7.11 Å². The number of amides is 1. The second-order valence-electron chi connectivity index (χ2n) is 5.58. The van der Waals surface area contributed by atoms with Gasteiger partial charge in [-0.3, -0.25) is 14.5 Å². The standard InChI is InChI=1S/C14H24N2O5/c1-8-5-6-9(2)16(8)10(3)13(18)15-11(14(19)20)7-12(17)21-4/h8-11H,5-7H2,1-4H3,(H,15,18)(H,19,20)/t8?,9?,10?,11-/m0/s1. The fourth-order valence-electron chi connectivity index (χ4n) is 2.86. The van der Waals surface area contributed by atoms with Crippen molar-refractivity contribution in [2.24, 2.45) is 0 Å². The first kappa shape index (κ1) is 17.4. The number of ether oxygens (including phenoxy) is 1. The van der Waals surface area contributed by atoms with E-state index in [4.69, 9.17) is 5.11 Å². The van der Waals surface area contributed by atoms with Gasteiger partial charge < -0.3 is 15.2 Å². The smallest absolute Gasteiger partial charge is 0.326 e. The second-order valence-corrected chi connectivity index (χ2v) is 5.58. The summed E-state index contributed by atoms with van der Waals surface area (Å²) in [5, 5.41) is 11.5. The zero-order chi connectivity index (χ0) is 16.2. The van der Waals surface area contributed by atoms with E-state index in [2.05, 4.69) is 28.8 Å². The van der Waals surface area contributed by atoms with E-state index in [0.29, 0.717) is 0 Å². The second kappa shape index (κ2) is 7.40. The lowest BCUT2D eigenvalue weighted by molar-refractivity contribution is -0.149. The Kier molecular flexibility index (Phi) is 6.14. The van der Waals surface area contributed by atoms with E-state index in [1.54, 1.807) is 6.92 Å². The van der Waals surface area contributed by atoms with Gasteiger partial charge in [0.1, 0.15) is 6.04 Å². The normalized spacial score (nSPS) is 25.1. The molecule has 3 unspecified atom stereocenters. The van der Waals surface area contributed by atoms with Crippen LogP contribution in [-0.2, 0) is 19.1 Å². The van der Waals surface area contributed by atoms with Crippen LogP contribution in [0.1, 0.15) is 40.0 Å². The summed E-state index contributed by atoms with van der Waals surface area (Å²) in [6.45, 7) is 5.86. The third-order valence-corrected chi connectivity index (χ3v) is 4.06.